The van der Waals surface area contributed by atoms with E-state index in [4.69, 9.17) is 23.2 Å². The number of halogens is 2. The van der Waals surface area contributed by atoms with Crippen LogP contribution in [0.4, 0.5) is 5.69 Å². The zero-order valence-corrected chi connectivity index (χ0v) is 15.6. The Labute approximate surface area is 158 Å². The molecule has 1 saturated heterocycles. The van der Waals surface area contributed by atoms with Crippen LogP contribution in [0.3, 0.4) is 0 Å². The zero-order valence-electron chi connectivity index (χ0n) is 14.1. The molecule has 0 saturated carbocycles. The fourth-order valence-electron chi connectivity index (χ4n) is 3.44. The number of hydrogen-bond donors (Lipinski definition) is 2. The summed E-state index contributed by atoms with van der Waals surface area (Å²) in [5, 5.41) is 3.72. The van der Waals surface area contributed by atoms with Crippen molar-refractivity contribution in [2.24, 2.45) is 5.92 Å². The van der Waals surface area contributed by atoms with Gasteiger partial charge >= 0.3 is 0 Å². The van der Waals surface area contributed by atoms with Gasteiger partial charge in [0, 0.05) is 0 Å². The van der Waals surface area contributed by atoms with Crippen molar-refractivity contribution in [1.82, 2.24) is 0 Å². The van der Waals surface area contributed by atoms with Crippen LogP contribution < -0.4 is 10.2 Å². The van der Waals surface area contributed by atoms with Crippen LogP contribution in [-0.4, -0.2) is 25.5 Å². The van der Waals surface area contributed by atoms with Crippen LogP contribution >= 0.6 is 23.2 Å². The SMILES string of the molecule is O=C(C[NH+]1CCC(Cc2ccccc2)CC1)Nc1cccc(Cl)c1Cl. The maximum Gasteiger partial charge on any atom is 0.279 e. The number of piperidine rings is 1. The molecular weight excluding hydrogens is 355 g/mol. The number of amides is 1. The number of rotatable bonds is 5. The summed E-state index contributed by atoms with van der Waals surface area (Å²) in [4.78, 5) is 13.6. The Hall–Kier alpha value is -1.55. The van der Waals surface area contributed by atoms with Gasteiger partial charge in [0.15, 0.2) is 6.54 Å². The van der Waals surface area contributed by atoms with E-state index in [-0.39, 0.29) is 5.91 Å². The maximum atomic E-state index is 12.3. The van der Waals surface area contributed by atoms with Gasteiger partial charge in [-0.2, -0.15) is 0 Å². The molecule has 1 heterocycles. The van der Waals surface area contributed by atoms with Crippen molar-refractivity contribution in [2.75, 3.05) is 25.0 Å². The van der Waals surface area contributed by atoms with Gasteiger partial charge in [0.2, 0.25) is 0 Å². The smallest absolute Gasteiger partial charge is 0.279 e. The number of carbonyl (C=O) groups is 1. The van der Waals surface area contributed by atoms with Crippen LogP contribution in [0.5, 0.6) is 0 Å². The van der Waals surface area contributed by atoms with Crippen molar-refractivity contribution >= 4 is 34.8 Å². The van der Waals surface area contributed by atoms with E-state index in [1.807, 2.05) is 0 Å². The first kappa shape index (κ1) is 18.2. The van der Waals surface area contributed by atoms with Gasteiger partial charge in [0.1, 0.15) is 0 Å². The largest absolute Gasteiger partial charge is 0.327 e. The molecule has 0 bridgehead atoms. The average Bonchev–Trinajstić information content (AvgIpc) is 2.62. The summed E-state index contributed by atoms with van der Waals surface area (Å²) in [6.07, 6.45) is 3.46. The second-order valence-electron chi connectivity index (χ2n) is 6.71. The fraction of sp³-hybridized carbons (Fsp3) is 0.350. The highest BCUT2D eigenvalue weighted by molar-refractivity contribution is 6.43. The van der Waals surface area contributed by atoms with Crippen LogP contribution in [0.25, 0.3) is 0 Å². The first-order chi connectivity index (χ1) is 12.1. The molecule has 0 aromatic heterocycles. The van der Waals surface area contributed by atoms with Gasteiger partial charge in [-0.15, -0.1) is 0 Å². The van der Waals surface area contributed by atoms with E-state index in [1.165, 1.54) is 10.5 Å². The van der Waals surface area contributed by atoms with Crippen molar-refractivity contribution in [2.45, 2.75) is 19.3 Å². The normalized spacial score (nSPS) is 20.2. The maximum absolute atomic E-state index is 12.3. The summed E-state index contributed by atoms with van der Waals surface area (Å²) >= 11 is 12.1. The number of likely N-dealkylation sites (tertiary alicyclic amines) is 1. The van der Waals surface area contributed by atoms with Crippen molar-refractivity contribution in [3.63, 3.8) is 0 Å². The zero-order chi connectivity index (χ0) is 17.6. The Morgan fingerprint density at radius 2 is 1.76 bits per heavy atom. The van der Waals surface area contributed by atoms with E-state index < -0.39 is 0 Å². The second-order valence-corrected chi connectivity index (χ2v) is 7.49. The van der Waals surface area contributed by atoms with Crippen molar-refractivity contribution in [3.8, 4) is 0 Å². The molecule has 0 aliphatic carbocycles. The number of nitrogens with one attached hydrogen (secondary N) is 2. The average molecular weight is 378 g/mol. The van der Waals surface area contributed by atoms with Crippen LogP contribution in [-0.2, 0) is 11.2 Å². The molecule has 0 unspecified atom stereocenters. The highest BCUT2D eigenvalue weighted by Gasteiger charge is 2.24. The second kappa shape index (κ2) is 8.70. The monoisotopic (exact) mass is 377 g/mol. The molecule has 0 radical (unpaired) electrons. The summed E-state index contributed by atoms with van der Waals surface area (Å²) < 4.78 is 0. The molecule has 2 aromatic carbocycles. The molecule has 1 aliphatic heterocycles. The third kappa shape index (κ3) is 5.21. The third-order valence-electron chi connectivity index (χ3n) is 4.82. The van der Waals surface area contributed by atoms with E-state index >= 15 is 0 Å². The first-order valence-corrected chi connectivity index (χ1v) is 9.49. The molecule has 2 N–H and O–H groups in total. The molecule has 0 atom stereocenters. The van der Waals surface area contributed by atoms with Crippen molar-refractivity contribution in [3.05, 3.63) is 64.1 Å². The minimum atomic E-state index is -0.0133. The van der Waals surface area contributed by atoms with E-state index in [0.717, 1.165) is 38.3 Å². The van der Waals surface area contributed by atoms with Crippen LogP contribution in [0.2, 0.25) is 10.0 Å². The van der Waals surface area contributed by atoms with Crippen LogP contribution in [0, 0.1) is 5.92 Å². The minimum Gasteiger partial charge on any atom is -0.327 e. The molecule has 25 heavy (non-hydrogen) atoms. The minimum absolute atomic E-state index is 0.0133. The Balaban J connectivity index is 1.45. The van der Waals surface area contributed by atoms with E-state index in [2.05, 4.69) is 35.6 Å². The molecule has 1 amide bonds. The summed E-state index contributed by atoms with van der Waals surface area (Å²) in [5.74, 6) is 0.706. The highest BCUT2D eigenvalue weighted by Crippen LogP contribution is 2.29. The van der Waals surface area contributed by atoms with Gasteiger partial charge in [-0.05, 0) is 42.9 Å². The van der Waals surface area contributed by atoms with Gasteiger partial charge in [-0.25, -0.2) is 0 Å². The van der Waals surface area contributed by atoms with E-state index in [0.29, 0.717) is 22.3 Å². The molecule has 3 nitrogen and oxygen atoms in total. The van der Waals surface area contributed by atoms with E-state index in [1.54, 1.807) is 18.2 Å². The van der Waals surface area contributed by atoms with Gasteiger partial charge in [-0.3, -0.25) is 4.79 Å². The summed E-state index contributed by atoms with van der Waals surface area (Å²) in [6, 6.07) is 15.9. The Bertz CT molecular complexity index is 713. The van der Waals surface area contributed by atoms with Crippen LogP contribution in [0.1, 0.15) is 18.4 Å². The number of anilines is 1. The molecule has 0 spiro atoms. The lowest BCUT2D eigenvalue weighted by molar-refractivity contribution is -0.898. The fourth-order valence-corrected chi connectivity index (χ4v) is 3.78. The summed E-state index contributed by atoms with van der Waals surface area (Å²) in [7, 11) is 0. The Morgan fingerprint density at radius 3 is 2.48 bits per heavy atom. The van der Waals surface area contributed by atoms with E-state index in [9.17, 15) is 4.79 Å². The molecule has 3 rings (SSSR count). The molecule has 2 aromatic rings. The van der Waals surface area contributed by atoms with Gasteiger partial charge in [-0.1, -0.05) is 59.6 Å². The lowest BCUT2D eigenvalue weighted by Crippen LogP contribution is -3.14. The summed E-state index contributed by atoms with van der Waals surface area (Å²) in [5.41, 5.74) is 1.99. The highest BCUT2D eigenvalue weighted by atomic mass is 35.5. The third-order valence-corrected chi connectivity index (χ3v) is 5.63. The summed E-state index contributed by atoms with van der Waals surface area (Å²) in [6.45, 7) is 2.54. The molecule has 5 heteroatoms. The lowest BCUT2D eigenvalue weighted by atomic mass is 9.90. The van der Waals surface area contributed by atoms with Gasteiger partial charge < -0.3 is 10.2 Å². The van der Waals surface area contributed by atoms with Crippen molar-refractivity contribution in [1.29, 1.82) is 0 Å². The molecule has 132 valence electrons. The molecule has 1 aliphatic rings. The Morgan fingerprint density at radius 1 is 1.04 bits per heavy atom. The Kier molecular flexibility index (Phi) is 6.35. The predicted octanol–water partition coefficient (Wildman–Crippen LogP) is 3.47. The number of hydrogen-bond acceptors (Lipinski definition) is 1. The van der Waals surface area contributed by atoms with Crippen LogP contribution in [0.15, 0.2) is 48.5 Å². The van der Waals surface area contributed by atoms with Gasteiger partial charge in [0.05, 0.1) is 28.8 Å². The number of carbonyl (C=O) groups excluding carboxylic acids is 1. The predicted molar refractivity (Wildman–Crippen MR) is 104 cm³/mol. The standard InChI is InChI=1S/C20H22Cl2N2O/c21-17-7-4-8-18(20(17)22)23-19(25)14-24-11-9-16(10-12-24)13-15-5-2-1-3-6-15/h1-8,16H,9-14H2,(H,23,25)/p+1. The topological polar surface area (TPSA) is 33.5 Å². The van der Waals surface area contributed by atoms with Gasteiger partial charge in [0.25, 0.3) is 5.91 Å². The number of quaternary nitrogens is 1. The first-order valence-electron chi connectivity index (χ1n) is 8.73. The van der Waals surface area contributed by atoms with Crippen molar-refractivity contribution < 1.29 is 9.69 Å². The number of benzene rings is 2. The molecular formula is C20H23Cl2N2O+. The molecule has 1 fully saturated rings. The quantitative estimate of drug-likeness (QED) is 0.821. The lowest BCUT2D eigenvalue weighted by Gasteiger charge is -2.29.